The van der Waals surface area contributed by atoms with Crippen LogP contribution >= 0.6 is 0 Å². The molecule has 0 bridgehead atoms. The first kappa shape index (κ1) is 7.39. The molecule has 0 radical (unpaired) electrons. The summed E-state index contributed by atoms with van der Waals surface area (Å²) in [5.74, 6) is -1.18. The molecule has 0 aromatic rings. The Morgan fingerprint density at radius 2 is 2.12 bits per heavy atom. The van der Waals surface area contributed by atoms with Crippen LogP contribution < -0.4 is 5.73 Å². The topological polar surface area (TPSA) is 83.5 Å². The molecule has 4 heteroatoms. The highest BCUT2D eigenvalue weighted by molar-refractivity contribution is 5.73. The first-order chi connectivity index (χ1) is 3.55. The average molecular weight is 120 g/mol. The number of carboxylic acids is 1. The monoisotopic (exact) mass is 120 g/mol. The molecule has 2 atom stereocenters. The second kappa shape index (κ2) is 2.64. The summed E-state index contributed by atoms with van der Waals surface area (Å²) in [6, 6.07) is -1.16. The number of aliphatic hydroxyl groups is 1. The highest BCUT2D eigenvalue weighted by atomic mass is 16.4. The molecule has 0 spiro atoms. The van der Waals surface area contributed by atoms with Crippen molar-refractivity contribution >= 4 is 5.97 Å². The molecule has 0 heterocycles. The van der Waals surface area contributed by atoms with Crippen LogP contribution in [0.5, 0.6) is 0 Å². The van der Waals surface area contributed by atoms with E-state index in [-0.39, 0.29) is 0 Å². The summed E-state index contributed by atoms with van der Waals surface area (Å²) < 4.78 is 0. The molecule has 0 saturated carbocycles. The van der Waals surface area contributed by atoms with E-state index >= 15 is 0 Å². The Labute approximate surface area is 46.9 Å². The molecule has 4 nitrogen and oxygen atoms in total. The van der Waals surface area contributed by atoms with Gasteiger partial charge < -0.3 is 15.9 Å². The van der Waals surface area contributed by atoms with Crippen LogP contribution in [-0.4, -0.2) is 28.3 Å². The van der Waals surface area contributed by atoms with Gasteiger partial charge in [0.05, 0.1) is 6.10 Å². The maximum atomic E-state index is 9.86. The summed E-state index contributed by atoms with van der Waals surface area (Å²) in [5.41, 5.74) is 4.91. The third-order valence-electron chi connectivity index (χ3n) is 0.805. The van der Waals surface area contributed by atoms with Gasteiger partial charge in [0.1, 0.15) is 6.04 Å². The van der Waals surface area contributed by atoms with Crippen LogP contribution in [0.25, 0.3) is 0 Å². The number of nitrogens with two attached hydrogens (primary N) is 1. The Hall–Kier alpha value is -0.610. The molecule has 0 saturated heterocycles. The summed E-state index contributed by atoms with van der Waals surface area (Å²) in [7, 11) is 0. The third-order valence-corrected chi connectivity index (χ3v) is 0.805. The van der Waals surface area contributed by atoms with Crippen molar-refractivity contribution in [1.29, 1.82) is 0 Å². The molecule has 48 valence electrons. The van der Waals surface area contributed by atoms with Crippen molar-refractivity contribution in [2.75, 3.05) is 0 Å². The van der Waals surface area contributed by atoms with Crippen molar-refractivity contribution in [2.24, 2.45) is 5.73 Å². The van der Waals surface area contributed by atoms with Crippen molar-refractivity contribution < 1.29 is 15.0 Å². The second-order valence-corrected chi connectivity index (χ2v) is 1.60. The highest BCUT2D eigenvalue weighted by Gasteiger charge is 2.16. The minimum absolute atomic E-state index is 0.979. The van der Waals surface area contributed by atoms with Crippen molar-refractivity contribution in [2.45, 2.75) is 19.1 Å². The van der Waals surface area contributed by atoms with Gasteiger partial charge in [-0.3, -0.25) is 4.79 Å². The highest BCUT2D eigenvalue weighted by Crippen LogP contribution is 1.85. The summed E-state index contributed by atoms with van der Waals surface area (Å²) >= 11 is 0. The fraction of sp³-hybridized carbons (Fsp3) is 0.750. The zero-order valence-electron chi connectivity index (χ0n) is 4.53. The Kier molecular flexibility index (Phi) is 2.44. The molecule has 0 aliphatic heterocycles. The lowest BCUT2D eigenvalue weighted by Crippen LogP contribution is -2.39. The quantitative estimate of drug-likeness (QED) is 0.399. The van der Waals surface area contributed by atoms with Gasteiger partial charge >= 0.3 is 5.97 Å². The van der Waals surface area contributed by atoms with Gasteiger partial charge in [0.25, 0.3) is 0 Å². The van der Waals surface area contributed by atoms with E-state index in [2.05, 4.69) is 0 Å². The minimum atomic E-state index is -1.18. The largest absolute Gasteiger partial charge is 0.480 e. The van der Waals surface area contributed by atoms with Crippen LogP contribution in [0.3, 0.4) is 0 Å². The van der Waals surface area contributed by atoms with Crippen LogP contribution in [-0.2, 0) is 4.79 Å². The fourth-order valence-corrected chi connectivity index (χ4v) is 0.206. The van der Waals surface area contributed by atoms with Crippen molar-refractivity contribution in [1.82, 2.24) is 0 Å². The summed E-state index contributed by atoms with van der Waals surface area (Å²) in [6.07, 6.45) is -0.979. The Balaban J connectivity index is 3.64. The van der Waals surface area contributed by atoms with Crippen LogP contribution in [0, 0.1) is 0 Å². The number of hydrogen-bond acceptors (Lipinski definition) is 3. The lowest BCUT2D eigenvalue weighted by Gasteiger charge is -2.06. The van der Waals surface area contributed by atoms with Gasteiger partial charge in [0.15, 0.2) is 0 Å². The first-order valence-corrected chi connectivity index (χ1v) is 2.22. The second-order valence-electron chi connectivity index (χ2n) is 1.60. The Bertz CT molecular complexity index is 91.3. The predicted molar refractivity (Wildman–Crippen MR) is 27.3 cm³/mol. The van der Waals surface area contributed by atoms with Crippen molar-refractivity contribution in [3.63, 3.8) is 0 Å². The number of aliphatic carboxylic acids is 1. The van der Waals surface area contributed by atoms with Crippen LogP contribution in [0.1, 0.15) is 6.92 Å². The zero-order chi connectivity index (χ0) is 6.73. The molecule has 0 aliphatic rings. The van der Waals surface area contributed by atoms with Gasteiger partial charge in [-0.25, -0.2) is 0 Å². The summed E-state index contributed by atoms with van der Waals surface area (Å²) in [5, 5.41) is 16.6. The van der Waals surface area contributed by atoms with Gasteiger partial charge in [-0.15, -0.1) is 0 Å². The maximum absolute atomic E-state index is 9.86. The van der Waals surface area contributed by atoms with Gasteiger partial charge in [-0.1, -0.05) is 0 Å². The molecule has 8 heavy (non-hydrogen) atoms. The van der Waals surface area contributed by atoms with Gasteiger partial charge in [0.2, 0.25) is 0 Å². The van der Waals surface area contributed by atoms with E-state index in [9.17, 15) is 4.79 Å². The lowest BCUT2D eigenvalue weighted by molar-refractivity contribution is -0.140. The first-order valence-electron chi connectivity index (χ1n) is 2.22. The number of carbonyl (C=O) groups is 1. The molecule has 0 amide bonds. The summed E-state index contributed by atoms with van der Waals surface area (Å²) in [6.45, 7) is 1.33. The standard InChI is InChI=1S/C4H9NO3/c1-2(6)3(5)4(7)8/h2-3,6H,5H2,1H3,(H,7,8)/t2-,3+/m1/s1/i5+1. The molecule has 0 rings (SSSR count). The molecular formula is C4H9NO3. The van der Waals surface area contributed by atoms with Crippen LogP contribution in [0.2, 0.25) is 0 Å². The number of carboxylic acid groups (broad SMARTS) is 1. The fourth-order valence-electron chi connectivity index (χ4n) is 0.206. The number of rotatable bonds is 2. The van der Waals surface area contributed by atoms with E-state index in [4.69, 9.17) is 15.9 Å². The van der Waals surface area contributed by atoms with E-state index in [1.165, 1.54) is 6.92 Å². The third kappa shape index (κ3) is 1.90. The molecule has 0 aliphatic carbocycles. The van der Waals surface area contributed by atoms with Crippen LogP contribution in [0.4, 0.5) is 0 Å². The molecular weight excluding hydrogens is 111 g/mol. The van der Waals surface area contributed by atoms with E-state index < -0.39 is 18.1 Å². The van der Waals surface area contributed by atoms with Crippen molar-refractivity contribution in [3.05, 3.63) is 0 Å². The van der Waals surface area contributed by atoms with E-state index in [1.807, 2.05) is 0 Å². The van der Waals surface area contributed by atoms with Crippen LogP contribution in [0.15, 0.2) is 0 Å². The lowest BCUT2D eigenvalue weighted by atomic mass is 10.2. The van der Waals surface area contributed by atoms with E-state index in [0.717, 1.165) is 0 Å². The van der Waals surface area contributed by atoms with E-state index in [1.54, 1.807) is 0 Å². The van der Waals surface area contributed by atoms with Gasteiger partial charge in [-0.2, -0.15) is 0 Å². The van der Waals surface area contributed by atoms with Crippen molar-refractivity contribution in [3.8, 4) is 0 Å². The molecule has 0 unspecified atom stereocenters. The zero-order valence-corrected chi connectivity index (χ0v) is 4.53. The molecule has 0 aromatic carbocycles. The molecule has 0 aromatic heterocycles. The summed E-state index contributed by atoms with van der Waals surface area (Å²) in [4.78, 5) is 9.86. The Morgan fingerprint density at radius 1 is 1.75 bits per heavy atom. The number of aliphatic hydroxyl groups excluding tert-OH is 1. The van der Waals surface area contributed by atoms with Gasteiger partial charge in [-0.05, 0) is 6.92 Å². The minimum Gasteiger partial charge on any atom is -0.480 e. The van der Waals surface area contributed by atoms with Gasteiger partial charge in [0, 0.05) is 0 Å². The molecule has 4 N–H and O–H groups in total. The normalized spacial score (nSPS) is 17.4. The van der Waals surface area contributed by atoms with E-state index in [0.29, 0.717) is 0 Å². The smallest absolute Gasteiger partial charge is 0.323 e. The number of hydrogen-bond donors (Lipinski definition) is 3. The average Bonchev–Trinajstić information content (AvgIpc) is 1.64. The SMILES string of the molecule is C[C@@H](O)[C@H]([15NH2])C(=O)O. The maximum Gasteiger partial charge on any atom is 0.323 e. The Morgan fingerprint density at radius 3 is 2.12 bits per heavy atom. The predicted octanol–water partition coefficient (Wildman–Crippen LogP) is -1.22. The molecule has 0 fully saturated rings.